The first kappa shape index (κ1) is 24.1. The molecular formula is C38H31N3. The first-order valence-corrected chi connectivity index (χ1v) is 14.7. The molecule has 1 fully saturated rings. The Morgan fingerprint density at radius 1 is 0.537 bits per heavy atom. The van der Waals surface area contributed by atoms with E-state index in [0.29, 0.717) is 12.0 Å². The van der Waals surface area contributed by atoms with Gasteiger partial charge in [-0.05, 0) is 53.8 Å². The van der Waals surface area contributed by atoms with E-state index >= 15 is 0 Å². The van der Waals surface area contributed by atoms with Gasteiger partial charge in [0.05, 0.1) is 11.2 Å². The van der Waals surface area contributed by atoms with Gasteiger partial charge in [-0.15, -0.1) is 0 Å². The van der Waals surface area contributed by atoms with Crippen molar-refractivity contribution in [2.75, 3.05) is 4.90 Å². The summed E-state index contributed by atoms with van der Waals surface area (Å²) < 4.78 is 0. The minimum atomic E-state index is 0.578. The molecule has 0 spiro atoms. The number of aromatic nitrogens is 2. The van der Waals surface area contributed by atoms with Crippen LogP contribution in [0.15, 0.2) is 127 Å². The van der Waals surface area contributed by atoms with E-state index in [0.717, 1.165) is 33.5 Å². The topological polar surface area (TPSA) is 29.0 Å². The predicted molar refractivity (Wildman–Crippen MR) is 169 cm³/mol. The zero-order valence-electron chi connectivity index (χ0n) is 22.9. The second-order valence-electron chi connectivity index (χ2n) is 11.3. The zero-order chi connectivity index (χ0) is 27.2. The van der Waals surface area contributed by atoms with Gasteiger partial charge in [0, 0.05) is 39.8 Å². The van der Waals surface area contributed by atoms with Crippen LogP contribution in [-0.4, -0.2) is 16.0 Å². The second-order valence-corrected chi connectivity index (χ2v) is 11.3. The molecule has 5 aromatic carbocycles. The highest BCUT2D eigenvalue weighted by molar-refractivity contribution is 5.93. The van der Waals surface area contributed by atoms with Crippen molar-refractivity contribution in [1.82, 2.24) is 9.97 Å². The van der Waals surface area contributed by atoms with E-state index in [1.54, 1.807) is 0 Å². The Labute approximate surface area is 241 Å². The SMILES string of the molecule is c1ccc(-c2nc(-c3ccc(-c4ccc(N5c6ccccc6C6CCCCC65)cc4)cc3)nc3ccccc23)cc1. The summed E-state index contributed by atoms with van der Waals surface area (Å²) in [5.74, 6) is 1.41. The van der Waals surface area contributed by atoms with Crippen LogP contribution in [0.4, 0.5) is 11.4 Å². The van der Waals surface area contributed by atoms with Gasteiger partial charge in [0.15, 0.2) is 5.82 Å². The summed E-state index contributed by atoms with van der Waals surface area (Å²) in [6.45, 7) is 0. The van der Waals surface area contributed by atoms with Gasteiger partial charge in [-0.1, -0.05) is 116 Å². The zero-order valence-corrected chi connectivity index (χ0v) is 22.9. The molecule has 2 aliphatic rings. The van der Waals surface area contributed by atoms with Crippen LogP contribution < -0.4 is 4.90 Å². The molecule has 2 unspecified atom stereocenters. The maximum absolute atomic E-state index is 5.03. The molecule has 0 radical (unpaired) electrons. The number of hydrogen-bond acceptors (Lipinski definition) is 3. The van der Waals surface area contributed by atoms with Crippen LogP contribution in [0.3, 0.4) is 0 Å². The second kappa shape index (κ2) is 10.0. The Morgan fingerprint density at radius 3 is 2.02 bits per heavy atom. The third-order valence-corrected chi connectivity index (χ3v) is 8.93. The molecule has 0 bridgehead atoms. The number of benzene rings is 5. The van der Waals surface area contributed by atoms with Gasteiger partial charge in [-0.2, -0.15) is 0 Å². The van der Waals surface area contributed by atoms with Gasteiger partial charge in [0.25, 0.3) is 0 Å². The van der Waals surface area contributed by atoms with Gasteiger partial charge in [0.2, 0.25) is 0 Å². The van der Waals surface area contributed by atoms with E-state index in [1.165, 1.54) is 53.7 Å². The molecule has 2 heterocycles. The molecule has 2 atom stereocenters. The average Bonchev–Trinajstić information content (AvgIpc) is 3.39. The molecule has 1 aromatic heterocycles. The maximum Gasteiger partial charge on any atom is 0.160 e. The molecule has 0 saturated heterocycles. The Balaban J connectivity index is 1.10. The molecule has 0 amide bonds. The third-order valence-electron chi connectivity index (χ3n) is 8.93. The molecule has 1 saturated carbocycles. The Bertz CT molecular complexity index is 1840. The molecule has 6 aromatic rings. The smallest absolute Gasteiger partial charge is 0.160 e. The van der Waals surface area contributed by atoms with Gasteiger partial charge < -0.3 is 4.90 Å². The van der Waals surface area contributed by atoms with Gasteiger partial charge in [-0.25, -0.2) is 9.97 Å². The van der Waals surface area contributed by atoms with Crippen molar-refractivity contribution in [3.05, 3.63) is 133 Å². The van der Waals surface area contributed by atoms with E-state index in [-0.39, 0.29) is 0 Å². The third kappa shape index (κ3) is 4.20. The maximum atomic E-state index is 5.03. The molecule has 0 N–H and O–H groups in total. The Morgan fingerprint density at radius 2 is 1.20 bits per heavy atom. The summed E-state index contributed by atoms with van der Waals surface area (Å²) >= 11 is 0. The van der Waals surface area contributed by atoms with Crippen LogP contribution in [0.2, 0.25) is 0 Å². The van der Waals surface area contributed by atoms with Crippen LogP contribution in [0.5, 0.6) is 0 Å². The summed E-state index contributed by atoms with van der Waals surface area (Å²) in [5.41, 5.74) is 10.7. The normalized spacial score (nSPS) is 17.8. The molecule has 198 valence electrons. The molecule has 41 heavy (non-hydrogen) atoms. The van der Waals surface area contributed by atoms with Gasteiger partial charge in [0.1, 0.15) is 0 Å². The minimum absolute atomic E-state index is 0.578. The van der Waals surface area contributed by atoms with Crippen LogP contribution in [0.25, 0.3) is 44.7 Å². The van der Waals surface area contributed by atoms with Crippen molar-refractivity contribution in [3.8, 4) is 33.8 Å². The lowest BCUT2D eigenvalue weighted by Gasteiger charge is -2.33. The van der Waals surface area contributed by atoms with Crippen LogP contribution >= 0.6 is 0 Å². The van der Waals surface area contributed by atoms with Gasteiger partial charge >= 0.3 is 0 Å². The summed E-state index contributed by atoms with van der Waals surface area (Å²) in [7, 11) is 0. The van der Waals surface area contributed by atoms with E-state index < -0.39 is 0 Å². The van der Waals surface area contributed by atoms with Crippen molar-refractivity contribution in [3.63, 3.8) is 0 Å². The van der Waals surface area contributed by atoms with Crippen LogP contribution in [0.1, 0.15) is 37.2 Å². The van der Waals surface area contributed by atoms with E-state index in [2.05, 4.69) is 114 Å². The molecule has 3 nitrogen and oxygen atoms in total. The van der Waals surface area contributed by atoms with E-state index in [4.69, 9.17) is 9.97 Å². The van der Waals surface area contributed by atoms with Crippen molar-refractivity contribution >= 4 is 22.3 Å². The fourth-order valence-electron chi connectivity index (χ4n) is 6.96. The van der Waals surface area contributed by atoms with Crippen molar-refractivity contribution < 1.29 is 0 Å². The lowest BCUT2D eigenvalue weighted by Crippen LogP contribution is -2.32. The average molecular weight is 530 g/mol. The molecule has 1 aliphatic heterocycles. The van der Waals surface area contributed by atoms with E-state index in [9.17, 15) is 0 Å². The highest BCUT2D eigenvalue weighted by Crippen LogP contribution is 2.50. The number of anilines is 2. The highest BCUT2D eigenvalue weighted by atomic mass is 15.2. The summed E-state index contributed by atoms with van der Waals surface area (Å²) in [5, 5.41) is 1.07. The number of fused-ring (bicyclic) bond motifs is 4. The fourth-order valence-corrected chi connectivity index (χ4v) is 6.96. The van der Waals surface area contributed by atoms with Crippen LogP contribution in [0, 0.1) is 0 Å². The Hall–Kier alpha value is -4.76. The quantitative estimate of drug-likeness (QED) is 0.228. The lowest BCUT2D eigenvalue weighted by molar-refractivity contribution is 0.402. The number of nitrogens with zero attached hydrogens (tertiary/aromatic N) is 3. The number of hydrogen-bond donors (Lipinski definition) is 0. The Kier molecular flexibility index (Phi) is 5.88. The number of rotatable bonds is 4. The van der Waals surface area contributed by atoms with Crippen molar-refractivity contribution in [1.29, 1.82) is 0 Å². The lowest BCUT2D eigenvalue weighted by atomic mass is 9.82. The van der Waals surface area contributed by atoms with Crippen molar-refractivity contribution in [2.24, 2.45) is 0 Å². The fraction of sp³-hybridized carbons (Fsp3) is 0.158. The summed E-state index contributed by atoms with van der Waals surface area (Å²) in [6.07, 6.45) is 5.24. The summed E-state index contributed by atoms with van der Waals surface area (Å²) in [4.78, 5) is 12.6. The first-order chi connectivity index (χ1) is 20.3. The minimum Gasteiger partial charge on any atom is -0.338 e. The van der Waals surface area contributed by atoms with Crippen molar-refractivity contribution in [2.45, 2.75) is 37.6 Å². The molecule has 3 heteroatoms. The summed E-state index contributed by atoms with van der Waals surface area (Å²) in [6, 6.07) is 46.0. The first-order valence-electron chi connectivity index (χ1n) is 14.7. The molecule has 8 rings (SSSR count). The standard InChI is InChI=1S/C38H31N3/c1-2-10-28(11-3-1)37-33-14-4-7-15-34(33)39-38(40-37)29-20-18-26(19-21-29)27-22-24-30(25-23-27)41-35-16-8-5-12-31(35)32-13-6-9-17-36(32)41/h1-5,7-8,10-12,14-16,18-25,32,36H,6,9,13,17H2. The van der Waals surface area contributed by atoms with Crippen LogP contribution in [-0.2, 0) is 0 Å². The highest BCUT2D eigenvalue weighted by Gasteiger charge is 2.40. The largest absolute Gasteiger partial charge is 0.338 e. The predicted octanol–water partition coefficient (Wildman–Crippen LogP) is 9.81. The van der Waals surface area contributed by atoms with E-state index in [1.807, 2.05) is 18.2 Å². The molecular weight excluding hydrogens is 498 g/mol. The van der Waals surface area contributed by atoms with Gasteiger partial charge in [-0.3, -0.25) is 0 Å². The monoisotopic (exact) mass is 529 g/mol. The molecule has 1 aliphatic carbocycles. The number of para-hydroxylation sites is 2.